The van der Waals surface area contributed by atoms with E-state index < -0.39 is 11.6 Å². The molecule has 0 aliphatic carbocycles. The summed E-state index contributed by atoms with van der Waals surface area (Å²) in [6.45, 7) is 2.55. The summed E-state index contributed by atoms with van der Waals surface area (Å²) in [7, 11) is 0. The van der Waals surface area contributed by atoms with Crippen LogP contribution in [0.1, 0.15) is 29.7 Å². The van der Waals surface area contributed by atoms with Crippen molar-refractivity contribution >= 4 is 12.0 Å². The van der Waals surface area contributed by atoms with Gasteiger partial charge < -0.3 is 10.1 Å². The van der Waals surface area contributed by atoms with E-state index in [-0.39, 0.29) is 17.5 Å². The minimum Gasteiger partial charge on any atom is -0.493 e. The van der Waals surface area contributed by atoms with Crippen molar-refractivity contribution in [3.05, 3.63) is 70.8 Å². The van der Waals surface area contributed by atoms with Crippen molar-refractivity contribution in [2.45, 2.75) is 19.4 Å². The molecule has 0 aromatic heterocycles. The predicted octanol–water partition coefficient (Wildman–Crippen LogP) is 3.79. The van der Waals surface area contributed by atoms with Crippen molar-refractivity contribution in [1.82, 2.24) is 5.32 Å². The fourth-order valence-electron chi connectivity index (χ4n) is 2.64. The summed E-state index contributed by atoms with van der Waals surface area (Å²) in [6.07, 6.45) is 3.32. The Morgan fingerprint density at radius 2 is 2.12 bits per heavy atom. The van der Waals surface area contributed by atoms with E-state index in [4.69, 9.17) is 4.74 Å². The van der Waals surface area contributed by atoms with Crippen LogP contribution in [-0.4, -0.2) is 12.5 Å². The van der Waals surface area contributed by atoms with Crippen LogP contribution in [0.2, 0.25) is 0 Å². The number of ether oxygens (including phenoxy) is 1. The lowest BCUT2D eigenvalue weighted by Gasteiger charge is -2.14. The maximum atomic E-state index is 13.5. The summed E-state index contributed by atoms with van der Waals surface area (Å²) in [5.74, 6) is -1.39. The van der Waals surface area contributed by atoms with Gasteiger partial charge in [0.1, 0.15) is 5.75 Å². The van der Waals surface area contributed by atoms with Gasteiger partial charge in [0.2, 0.25) is 5.91 Å². The van der Waals surface area contributed by atoms with E-state index in [0.29, 0.717) is 6.61 Å². The number of amides is 1. The molecular formula is C19H17F2NO2. The van der Waals surface area contributed by atoms with Crippen molar-refractivity contribution in [2.75, 3.05) is 6.61 Å². The van der Waals surface area contributed by atoms with Crippen LogP contribution in [0.3, 0.4) is 0 Å². The monoisotopic (exact) mass is 329 g/mol. The summed E-state index contributed by atoms with van der Waals surface area (Å²) in [5.41, 5.74) is 2.14. The Balaban J connectivity index is 1.66. The Labute approximate surface area is 139 Å². The predicted molar refractivity (Wildman–Crippen MR) is 87.6 cm³/mol. The third-order valence-corrected chi connectivity index (χ3v) is 3.97. The summed E-state index contributed by atoms with van der Waals surface area (Å²) < 4.78 is 32.1. The van der Waals surface area contributed by atoms with E-state index in [9.17, 15) is 13.6 Å². The molecule has 5 heteroatoms. The van der Waals surface area contributed by atoms with Crippen LogP contribution in [-0.2, 0) is 11.2 Å². The zero-order valence-corrected chi connectivity index (χ0v) is 13.2. The van der Waals surface area contributed by atoms with Crippen LogP contribution in [0.5, 0.6) is 5.75 Å². The molecule has 1 aliphatic rings. The first-order valence-electron chi connectivity index (χ1n) is 7.73. The molecule has 1 atom stereocenters. The molecule has 3 nitrogen and oxygen atoms in total. The topological polar surface area (TPSA) is 38.3 Å². The molecule has 0 saturated carbocycles. The van der Waals surface area contributed by atoms with E-state index in [1.807, 2.05) is 25.1 Å². The van der Waals surface area contributed by atoms with Crippen LogP contribution in [0, 0.1) is 11.6 Å². The number of rotatable bonds is 4. The van der Waals surface area contributed by atoms with E-state index in [2.05, 4.69) is 5.32 Å². The Morgan fingerprint density at radius 1 is 1.29 bits per heavy atom. The van der Waals surface area contributed by atoms with Crippen LogP contribution in [0.4, 0.5) is 8.78 Å². The number of carbonyl (C=O) groups excluding carboxylic acids is 1. The van der Waals surface area contributed by atoms with Crippen molar-refractivity contribution in [3.8, 4) is 5.75 Å². The highest BCUT2D eigenvalue weighted by molar-refractivity contribution is 5.92. The quantitative estimate of drug-likeness (QED) is 0.867. The van der Waals surface area contributed by atoms with E-state index in [1.165, 1.54) is 24.3 Å². The summed E-state index contributed by atoms with van der Waals surface area (Å²) in [4.78, 5) is 12.0. The van der Waals surface area contributed by atoms with Crippen molar-refractivity contribution in [3.63, 3.8) is 0 Å². The number of fused-ring (bicyclic) bond motifs is 1. The van der Waals surface area contributed by atoms with Crippen LogP contribution in [0.15, 0.2) is 42.5 Å². The van der Waals surface area contributed by atoms with E-state index >= 15 is 0 Å². The summed E-state index contributed by atoms with van der Waals surface area (Å²) >= 11 is 0. The van der Waals surface area contributed by atoms with Gasteiger partial charge in [0.05, 0.1) is 12.6 Å². The Bertz CT molecular complexity index is 802. The van der Waals surface area contributed by atoms with Gasteiger partial charge in [-0.1, -0.05) is 18.2 Å². The molecule has 3 rings (SSSR count). The van der Waals surface area contributed by atoms with Gasteiger partial charge >= 0.3 is 0 Å². The number of nitrogens with one attached hydrogen (secondary N) is 1. The summed E-state index contributed by atoms with van der Waals surface area (Å²) in [5, 5.41) is 2.81. The lowest BCUT2D eigenvalue weighted by Crippen LogP contribution is -2.24. The maximum Gasteiger partial charge on any atom is 0.244 e. The molecule has 1 heterocycles. The molecule has 1 aliphatic heterocycles. The minimum absolute atomic E-state index is 0.0347. The fraction of sp³-hybridized carbons (Fsp3) is 0.211. The first kappa shape index (κ1) is 16.2. The Kier molecular flexibility index (Phi) is 4.60. The second-order valence-electron chi connectivity index (χ2n) is 5.67. The Morgan fingerprint density at radius 3 is 2.96 bits per heavy atom. The van der Waals surface area contributed by atoms with Gasteiger partial charge in [-0.15, -0.1) is 0 Å². The number of hydrogen-bond donors (Lipinski definition) is 1. The first-order chi connectivity index (χ1) is 11.5. The molecule has 124 valence electrons. The molecule has 2 aromatic rings. The molecule has 0 spiro atoms. The van der Waals surface area contributed by atoms with Crippen molar-refractivity contribution in [2.24, 2.45) is 0 Å². The molecule has 1 N–H and O–H groups in total. The van der Waals surface area contributed by atoms with Crippen LogP contribution < -0.4 is 10.1 Å². The van der Waals surface area contributed by atoms with Gasteiger partial charge in [-0.2, -0.15) is 0 Å². The Hall–Kier alpha value is -2.69. The average Bonchev–Trinajstić information content (AvgIpc) is 3.03. The second kappa shape index (κ2) is 6.83. The number of carbonyl (C=O) groups is 1. The minimum atomic E-state index is -0.965. The molecule has 0 fully saturated rings. The molecule has 2 aromatic carbocycles. The molecule has 24 heavy (non-hydrogen) atoms. The molecule has 0 bridgehead atoms. The zero-order valence-electron chi connectivity index (χ0n) is 13.2. The largest absolute Gasteiger partial charge is 0.493 e. The average molecular weight is 329 g/mol. The van der Waals surface area contributed by atoms with Gasteiger partial charge in [0.15, 0.2) is 11.6 Å². The maximum absolute atomic E-state index is 13.5. The molecule has 1 amide bonds. The van der Waals surface area contributed by atoms with Crippen molar-refractivity contribution in [1.29, 1.82) is 0 Å². The van der Waals surface area contributed by atoms with Gasteiger partial charge in [0, 0.05) is 18.1 Å². The molecular weight excluding hydrogens is 312 g/mol. The number of hydrogen-bond acceptors (Lipinski definition) is 2. The highest BCUT2D eigenvalue weighted by atomic mass is 19.2. The normalized spacial score (nSPS) is 14.3. The standard InChI is InChI=1S/C19H17F2NO2/c1-12(14-5-7-17-15(11-14)9-10-24-17)22-18(23)8-6-13-3-2-4-16(20)19(13)21/h2-8,11-12H,9-10H2,1H3,(H,22,23). The summed E-state index contributed by atoms with van der Waals surface area (Å²) in [6, 6.07) is 9.46. The number of benzene rings is 2. The molecule has 1 unspecified atom stereocenters. The van der Waals surface area contributed by atoms with E-state index in [1.54, 1.807) is 0 Å². The van der Waals surface area contributed by atoms with Crippen LogP contribution in [0.25, 0.3) is 6.08 Å². The van der Waals surface area contributed by atoms with Gasteiger partial charge in [-0.05, 0) is 42.3 Å². The molecule has 0 saturated heterocycles. The van der Waals surface area contributed by atoms with Crippen LogP contribution >= 0.6 is 0 Å². The van der Waals surface area contributed by atoms with Gasteiger partial charge in [0.25, 0.3) is 0 Å². The third-order valence-electron chi connectivity index (χ3n) is 3.97. The van der Waals surface area contributed by atoms with E-state index in [0.717, 1.165) is 29.4 Å². The SMILES string of the molecule is CC(NC(=O)C=Cc1cccc(F)c1F)c1ccc2c(c1)CCO2. The second-order valence-corrected chi connectivity index (χ2v) is 5.67. The smallest absolute Gasteiger partial charge is 0.244 e. The highest BCUT2D eigenvalue weighted by Gasteiger charge is 2.15. The lowest BCUT2D eigenvalue weighted by molar-refractivity contribution is -0.117. The third kappa shape index (κ3) is 3.45. The van der Waals surface area contributed by atoms with Gasteiger partial charge in [-0.25, -0.2) is 8.78 Å². The zero-order chi connectivity index (χ0) is 17.1. The van der Waals surface area contributed by atoms with Gasteiger partial charge in [-0.3, -0.25) is 4.79 Å². The fourth-order valence-corrected chi connectivity index (χ4v) is 2.64. The molecule has 0 radical (unpaired) electrons. The first-order valence-corrected chi connectivity index (χ1v) is 7.73. The highest BCUT2D eigenvalue weighted by Crippen LogP contribution is 2.28. The van der Waals surface area contributed by atoms with Crippen molar-refractivity contribution < 1.29 is 18.3 Å². The number of halogens is 2. The lowest BCUT2D eigenvalue weighted by atomic mass is 10.0.